The monoisotopic (exact) mass is 226 g/mol. The Morgan fingerprint density at radius 2 is 1.29 bits per heavy atom. The molecule has 0 fully saturated rings. The molecule has 84 valence electrons. The third-order valence-corrected chi connectivity index (χ3v) is 2.15. The molecule has 0 aliphatic rings. The van der Waals surface area contributed by atoms with Gasteiger partial charge in [-0.15, -0.1) is 10.2 Å². The van der Waals surface area contributed by atoms with Crippen molar-refractivity contribution in [3.8, 4) is 5.75 Å². The molecule has 5 heteroatoms. The van der Waals surface area contributed by atoms with E-state index in [9.17, 15) is 5.11 Å². The van der Waals surface area contributed by atoms with Crippen LogP contribution in [0, 0.1) is 5.53 Å². The molecule has 0 aromatic heterocycles. The highest BCUT2D eigenvalue weighted by Crippen LogP contribution is 2.31. The molecule has 0 unspecified atom stereocenters. The van der Waals surface area contributed by atoms with E-state index < -0.39 is 0 Å². The van der Waals surface area contributed by atoms with Gasteiger partial charge in [0.2, 0.25) is 0 Å². The molecule has 0 amide bonds. The van der Waals surface area contributed by atoms with Crippen molar-refractivity contribution in [1.82, 2.24) is 0 Å². The van der Waals surface area contributed by atoms with Gasteiger partial charge >= 0.3 is 0 Å². The molecule has 0 atom stereocenters. The lowest BCUT2D eigenvalue weighted by Gasteiger charge is -1.97. The molecule has 0 spiro atoms. The molecule has 2 N–H and O–H groups in total. The van der Waals surface area contributed by atoms with E-state index in [0.29, 0.717) is 17.1 Å². The van der Waals surface area contributed by atoms with E-state index >= 15 is 0 Å². The molecule has 0 aliphatic carbocycles. The van der Waals surface area contributed by atoms with Gasteiger partial charge in [-0.05, 0) is 24.3 Å². The molecule has 17 heavy (non-hydrogen) atoms. The van der Waals surface area contributed by atoms with Gasteiger partial charge in [0.05, 0.1) is 0 Å². The van der Waals surface area contributed by atoms with Crippen molar-refractivity contribution in [3.63, 3.8) is 0 Å². The lowest BCUT2D eigenvalue weighted by molar-refractivity contribution is 0.476. The molecule has 0 aliphatic heterocycles. The van der Waals surface area contributed by atoms with Gasteiger partial charge < -0.3 is 5.11 Å². The number of azo groups is 1. The van der Waals surface area contributed by atoms with E-state index in [0.717, 1.165) is 0 Å². The van der Waals surface area contributed by atoms with Crippen LogP contribution in [0.1, 0.15) is 0 Å². The zero-order valence-corrected chi connectivity index (χ0v) is 8.91. The smallest absolute Gasteiger partial charge is 0.143 e. The van der Waals surface area contributed by atoms with Crippen molar-refractivity contribution in [1.29, 1.82) is 5.53 Å². The number of benzene rings is 2. The van der Waals surface area contributed by atoms with Crippen LogP contribution in [0.3, 0.4) is 0 Å². The van der Waals surface area contributed by atoms with E-state index in [-0.39, 0.29) is 5.75 Å². The van der Waals surface area contributed by atoms with Gasteiger partial charge in [-0.1, -0.05) is 24.3 Å². The number of nitrogens with zero attached hydrogens (tertiary/aromatic N) is 3. The molecule has 0 saturated heterocycles. The molecular weight excluding hydrogens is 216 g/mol. The summed E-state index contributed by atoms with van der Waals surface area (Å²) in [5.41, 5.74) is 8.29. The number of rotatable bonds is 3. The maximum absolute atomic E-state index is 9.50. The molecule has 0 heterocycles. The predicted octanol–water partition coefficient (Wildman–Crippen LogP) is 4.47. The Labute approximate surface area is 98.0 Å². The van der Waals surface area contributed by atoms with Crippen molar-refractivity contribution in [2.45, 2.75) is 0 Å². The quantitative estimate of drug-likeness (QED) is 0.743. The first-order chi connectivity index (χ1) is 8.31. The van der Waals surface area contributed by atoms with Crippen LogP contribution in [0.5, 0.6) is 5.75 Å². The van der Waals surface area contributed by atoms with Gasteiger partial charge in [0.25, 0.3) is 0 Å². The van der Waals surface area contributed by atoms with Gasteiger partial charge in [-0.3, -0.25) is 0 Å². The van der Waals surface area contributed by atoms with Crippen LogP contribution < -0.4 is 0 Å². The summed E-state index contributed by atoms with van der Waals surface area (Å²) in [7, 11) is 0. The van der Waals surface area contributed by atoms with Crippen LogP contribution in [0.25, 0.3) is 0 Å². The van der Waals surface area contributed by atoms with E-state index in [1.54, 1.807) is 42.5 Å². The molecule has 0 saturated carbocycles. The highest BCUT2D eigenvalue weighted by Gasteiger charge is 2.00. The standard InChI is InChI=1S/C12H10N4O/c13-14-9-5-1-2-6-10(9)15-16-11-7-3-4-8-12(11)17/h1-8,13,17H. The van der Waals surface area contributed by atoms with Crippen LogP contribution in [0.15, 0.2) is 63.9 Å². The first-order valence-electron chi connectivity index (χ1n) is 4.97. The van der Waals surface area contributed by atoms with Gasteiger partial charge in [0.1, 0.15) is 22.8 Å². The summed E-state index contributed by atoms with van der Waals surface area (Å²) >= 11 is 0. The van der Waals surface area contributed by atoms with Crippen LogP contribution in [0.4, 0.5) is 17.1 Å². The van der Waals surface area contributed by atoms with E-state index in [4.69, 9.17) is 5.53 Å². The first-order valence-corrected chi connectivity index (χ1v) is 4.97. The highest BCUT2D eigenvalue weighted by atomic mass is 16.3. The van der Waals surface area contributed by atoms with E-state index in [2.05, 4.69) is 15.3 Å². The predicted molar refractivity (Wildman–Crippen MR) is 63.5 cm³/mol. The molecule has 0 bridgehead atoms. The molecule has 2 aromatic carbocycles. The topological polar surface area (TPSA) is 81.2 Å². The van der Waals surface area contributed by atoms with E-state index in [1.807, 2.05) is 0 Å². The Bertz CT molecular complexity index is 566. The minimum Gasteiger partial charge on any atom is -0.506 e. The van der Waals surface area contributed by atoms with Crippen molar-refractivity contribution < 1.29 is 5.11 Å². The largest absolute Gasteiger partial charge is 0.506 e. The Hall–Kier alpha value is -2.56. The third kappa shape index (κ3) is 2.52. The number of nitrogens with one attached hydrogen (secondary N) is 1. The molecule has 2 rings (SSSR count). The zero-order valence-electron chi connectivity index (χ0n) is 8.91. The summed E-state index contributed by atoms with van der Waals surface area (Å²) in [4.78, 5) is 0. The molecule has 5 nitrogen and oxygen atoms in total. The van der Waals surface area contributed by atoms with Crippen molar-refractivity contribution in [2.75, 3.05) is 0 Å². The second-order valence-electron chi connectivity index (χ2n) is 3.29. The molecular formula is C12H10N4O. The van der Waals surface area contributed by atoms with Crippen LogP contribution >= 0.6 is 0 Å². The maximum Gasteiger partial charge on any atom is 0.143 e. The Morgan fingerprint density at radius 3 is 1.94 bits per heavy atom. The lowest BCUT2D eigenvalue weighted by Crippen LogP contribution is -1.68. The second-order valence-corrected chi connectivity index (χ2v) is 3.29. The van der Waals surface area contributed by atoms with Crippen molar-refractivity contribution >= 4 is 17.1 Å². The molecule has 2 aromatic rings. The second kappa shape index (κ2) is 4.98. The zero-order chi connectivity index (χ0) is 12.1. The lowest BCUT2D eigenvalue weighted by atomic mass is 10.3. The third-order valence-electron chi connectivity index (χ3n) is 2.15. The average molecular weight is 226 g/mol. The summed E-state index contributed by atoms with van der Waals surface area (Å²) in [5.74, 6) is 0.0662. The van der Waals surface area contributed by atoms with Crippen molar-refractivity contribution in [2.24, 2.45) is 15.3 Å². The number of aromatic hydroxyl groups is 1. The Kier molecular flexibility index (Phi) is 3.20. The summed E-state index contributed by atoms with van der Waals surface area (Å²) < 4.78 is 0. The summed E-state index contributed by atoms with van der Waals surface area (Å²) in [6.07, 6.45) is 0. The average Bonchev–Trinajstić information content (AvgIpc) is 2.38. The summed E-state index contributed by atoms with van der Waals surface area (Å²) in [5, 5.41) is 20.7. The first kappa shape index (κ1) is 10.9. The molecule has 0 radical (unpaired) electrons. The normalized spacial score (nSPS) is 10.6. The fraction of sp³-hybridized carbons (Fsp3) is 0. The van der Waals surface area contributed by atoms with Crippen LogP contribution in [-0.4, -0.2) is 5.11 Å². The van der Waals surface area contributed by atoms with Crippen LogP contribution in [-0.2, 0) is 0 Å². The van der Waals surface area contributed by atoms with Gasteiger partial charge in [-0.25, -0.2) is 5.53 Å². The fourth-order valence-electron chi connectivity index (χ4n) is 1.30. The van der Waals surface area contributed by atoms with E-state index in [1.165, 1.54) is 6.07 Å². The maximum atomic E-state index is 9.50. The number of hydrogen-bond donors (Lipinski definition) is 2. The van der Waals surface area contributed by atoms with Crippen LogP contribution in [0.2, 0.25) is 0 Å². The Morgan fingerprint density at radius 1 is 0.765 bits per heavy atom. The van der Waals surface area contributed by atoms with Gasteiger partial charge in [0.15, 0.2) is 0 Å². The fourth-order valence-corrected chi connectivity index (χ4v) is 1.30. The van der Waals surface area contributed by atoms with Gasteiger partial charge in [-0.2, -0.15) is 5.11 Å². The minimum absolute atomic E-state index is 0.0662. The number of hydrogen-bond acceptors (Lipinski definition) is 5. The SMILES string of the molecule is N=Nc1ccccc1N=Nc1ccccc1O. The summed E-state index contributed by atoms with van der Waals surface area (Å²) in [6.45, 7) is 0. The Balaban J connectivity index is 2.32. The summed E-state index contributed by atoms with van der Waals surface area (Å²) in [6, 6.07) is 13.6. The highest BCUT2D eigenvalue weighted by molar-refractivity contribution is 5.60. The van der Waals surface area contributed by atoms with Crippen molar-refractivity contribution in [3.05, 3.63) is 48.5 Å². The minimum atomic E-state index is 0.0662. The number of phenolic OH excluding ortho intramolecular Hbond substituents is 1. The van der Waals surface area contributed by atoms with Gasteiger partial charge in [0, 0.05) is 0 Å². The number of phenols is 1. The number of para-hydroxylation sites is 2.